The first-order chi connectivity index (χ1) is 25.2. The zero-order valence-electron chi connectivity index (χ0n) is 29.0. The fraction of sp³-hybridized carbons (Fsp3) is 0.235. The Morgan fingerprint density at radius 2 is 1.04 bits per heavy atom. The normalized spacial score (nSPS) is 11.2. The molecule has 0 amide bonds. The van der Waals surface area contributed by atoms with E-state index >= 15 is 0 Å². The van der Waals surface area contributed by atoms with E-state index in [4.69, 9.17) is 9.05 Å². The molecule has 14 nitrogen and oxygen atoms in total. The predicted octanol–water partition coefficient (Wildman–Crippen LogP) is 7.80. The molecular weight excluding hydrogens is 737 g/mol. The zero-order chi connectivity index (χ0) is 36.2. The van der Waals surface area contributed by atoms with Crippen molar-refractivity contribution in [2.45, 2.75) is 49.5 Å². The van der Waals surface area contributed by atoms with Crippen LogP contribution in [0.2, 0.25) is 0 Å². The van der Waals surface area contributed by atoms with Gasteiger partial charge in [-0.1, -0.05) is 69.2 Å². The number of benzene rings is 2. The van der Waals surface area contributed by atoms with Crippen molar-refractivity contribution in [3.8, 4) is 45.9 Å². The standard InChI is InChI=1S/2C17H16N6OS2/c2*1-10-5-4-6-12(7-10)16-19-14(22-24-16)9-26-17-21-20-15(23(17)3)13-8-25-11(2)18-13/h2*4-8H,9H2,1-3H3. The molecule has 0 atom stereocenters. The number of aromatic nitrogens is 12. The van der Waals surface area contributed by atoms with Crippen molar-refractivity contribution in [3.05, 3.63) is 92.1 Å². The molecule has 264 valence electrons. The van der Waals surface area contributed by atoms with Crippen LogP contribution in [0.25, 0.3) is 45.9 Å². The summed E-state index contributed by atoms with van der Waals surface area (Å²) in [4.78, 5) is 17.9. The highest BCUT2D eigenvalue weighted by molar-refractivity contribution is 7.98. The van der Waals surface area contributed by atoms with Crippen LogP contribution in [0.5, 0.6) is 0 Å². The third kappa shape index (κ3) is 8.20. The Bertz CT molecular complexity index is 2270. The van der Waals surface area contributed by atoms with Crippen LogP contribution < -0.4 is 0 Å². The van der Waals surface area contributed by atoms with Gasteiger partial charge in [0.1, 0.15) is 11.4 Å². The van der Waals surface area contributed by atoms with Crippen LogP contribution in [-0.2, 0) is 25.6 Å². The molecule has 0 fully saturated rings. The lowest BCUT2D eigenvalue weighted by molar-refractivity contribution is 0.425. The maximum atomic E-state index is 5.38. The molecule has 2 aromatic carbocycles. The number of nitrogens with zero attached hydrogens (tertiary/aromatic N) is 12. The maximum absolute atomic E-state index is 5.38. The Morgan fingerprint density at radius 3 is 1.42 bits per heavy atom. The number of hydrogen-bond acceptors (Lipinski definition) is 16. The third-order valence-corrected chi connectivity index (χ3v) is 11.1. The van der Waals surface area contributed by atoms with Crippen LogP contribution in [0.1, 0.15) is 32.8 Å². The highest BCUT2D eigenvalue weighted by atomic mass is 32.2. The fourth-order valence-electron chi connectivity index (χ4n) is 4.93. The average molecular weight is 769 g/mol. The molecule has 18 heteroatoms. The van der Waals surface area contributed by atoms with E-state index < -0.39 is 0 Å². The highest BCUT2D eigenvalue weighted by Crippen LogP contribution is 2.28. The molecular formula is C34H32N12O2S4. The quantitative estimate of drug-likeness (QED) is 0.124. The molecule has 0 N–H and O–H groups in total. The smallest absolute Gasteiger partial charge is 0.257 e. The van der Waals surface area contributed by atoms with Gasteiger partial charge in [0.05, 0.1) is 21.5 Å². The topological polar surface area (TPSA) is 165 Å². The van der Waals surface area contributed by atoms with Gasteiger partial charge in [-0.15, -0.1) is 43.1 Å². The molecule has 0 saturated heterocycles. The van der Waals surface area contributed by atoms with Crippen LogP contribution in [-0.4, -0.2) is 59.8 Å². The molecule has 0 aliphatic rings. The first-order valence-corrected chi connectivity index (χ1v) is 19.6. The molecule has 0 spiro atoms. The first kappa shape index (κ1) is 35.4. The summed E-state index contributed by atoms with van der Waals surface area (Å²) in [5.74, 6) is 4.92. The van der Waals surface area contributed by atoms with Gasteiger partial charge in [0.2, 0.25) is 0 Å². The van der Waals surface area contributed by atoms with E-state index in [1.54, 1.807) is 22.7 Å². The molecule has 0 aliphatic heterocycles. The van der Waals surface area contributed by atoms with Gasteiger partial charge < -0.3 is 18.2 Å². The van der Waals surface area contributed by atoms with Gasteiger partial charge in [0.25, 0.3) is 11.8 Å². The van der Waals surface area contributed by atoms with Gasteiger partial charge in [-0.05, 0) is 52.0 Å². The second kappa shape index (κ2) is 15.7. The molecule has 0 bridgehead atoms. The number of thiazole rings is 2. The molecule has 0 saturated carbocycles. The Labute approximate surface area is 315 Å². The Balaban J connectivity index is 0.000000162. The summed E-state index contributed by atoms with van der Waals surface area (Å²) in [5.41, 5.74) is 5.84. The van der Waals surface area contributed by atoms with Gasteiger partial charge in [0, 0.05) is 36.0 Å². The van der Waals surface area contributed by atoms with Gasteiger partial charge in [-0.2, -0.15) is 9.97 Å². The van der Waals surface area contributed by atoms with Crippen LogP contribution in [0.3, 0.4) is 0 Å². The van der Waals surface area contributed by atoms with Crippen molar-refractivity contribution in [3.63, 3.8) is 0 Å². The van der Waals surface area contributed by atoms with Crippen LogP contribution >= 0.6 is 46.2 Å². The van der Waals surface area contributed by atoms with E-state index in [9.17, 15) is 0 Å². The van der Waals surface area contributed by atoms with Gasteiger partial charge in [-0.25, -0.2) is 9.97 Å². The van der Waals surface area contributed by atoms with Crippen molar-refractivity contribution in [1.82, 2.24) is 59.8 Å². The minimum Gasteiger partial charge on any atom is -0.334 e. The van der Waals surface area contributed by atoms with E-state index in [-0.39, 0.29) is 0 Å². The van der Waals surface area contributed by atoms with Crippen molar-refractivity contribution in [2.24, 2.45) is 14.1 Å². The number of aryl methyl sites for hydroxylation is 4. The van der Waals surface area contributed by atoms with Crippen LogP contribution in [0.4, 0.5) is 0 Å². The minimum absolute atomic E-state index is 0.529. The molecule has 0 aliphatic carbocycles. The SMILES string of the molecule is Cc1cccc(-c2nc(CSc3nnc(-c4csc(C)n4)n3C)no2)c1.Cc1cccc(-c2nc(CSc3nnc(-c4csc(C)n4)n3C)no2)c1. The van der Waals surface area contributed by atoms with E-state index in [1.807, 2.05) is 110 Å². The zero-order valence-corrected chi connectivity index (χ0v) is 32.3. The molecule has 52 heavy (non-hydrogen) atoms. The average Bonchev–Trinajstić information content (AvgIpc) is 3.99. The number of thioether (sulfide) groups is 2. The Kier molecular flexibility index (Phi) is 10.7. The monoisotopic (exact) mass is 768 g/mol. The minimum atomic E-state index is 0.529. The van der Waals surface area contributed by atoms with E-state index in [0.717, 1.165) is 65.6 Å². The summed E-state index contributed by atoms with van der Waals surface area (Å²) >= 11 is 6.22. The highest BCUT2D eigenvalue weighted by Gasteiger charge is 2.17. The largest absolute Gasteiger partial charge is 0.334 e. The third-order valence-electron chi connectivity index (χ3n) is 7.49. The summed E-state index contributed by atoms with van der Waals surface area (Å²) < 4.78 is 14.6. The summed E-state index contributed by atoms with van der Waals surface area (Å²) in [6.45, 7) is 8.02. The molecule has 8 aromatic rings. The predicted molar refractivity (Wildman–Crippen MR) is 202 cm³/mol. The van der Waals surface area contributed by atoms with Gasteiger partial charge >= 0.3 is 0 Å². The molecule has 6 heterocycles. The lowest BCUT2D eigenvalue weighted by Gasteiger charge is -2.00. The lowest BCUT2D eigenvalue weighted by Crippen LogP contribution is -1.95. The Morgan fingerprint density at radius 1 is 0.596 bits per heavy atom. The van der Waals surface area contributed by atoms with Crippen molar-refractivity contribution >= 4 is 46.2 Å². The maximum Gasteiger partial charge on any atom is 0.257 e. The van der Waals surface area contributed by atoms with Crippen molar-refractivity contribution in [1.29, 1.82) is 0 Å². The summed E-state index contributed by atoms with van der Waals surface area (Å²) in [6.07, 6.45) is 0. The molecule has 0 unspecified atom stereocenters. The summed E-state index contributed by atoms with van der Waals surface area (Å²) in [5, 5.41) is 32.7. The summed E-state index contributed by atoms with van der Waals surface area (Å²) in [6, 6.07) is 16.0. The molecule has 0 radical (unpaired) electrons. The number of hydrogen-bond donors (Lipinski definition) is 0. The second-order valence-corrected chi connectivity index (χ2v) is 15.6. The first-order valence-electron chi connectivity index (χ1n) is 15.9. The Hall–Kier alpha value is -5.04. The van der Waals surface area contributed by atoms with Crippen molar-refractivity contribution < 1.29 is 9.05 Å². The fourth-order valence-corrected chi connectivity index (χ4v) is 7.62. The van der Waals surface area contributed by atoms with E-state index in [0.29, 0.717) is 34.9 Å². The summed E-state index contributed by atoms with van der Waals surface area (Å²) in [7, 11) is 3.86. The van der Waals surface area contributed by atoms with E-state index in [2.05, 4.69) is 50.6 Å². The number of rotatable bonds is 10. The van der Waals surface area contributed by atoms with Gasteiger partial charge in [0.15, 0.2) is 33.6 Å². The molecule has 8 rings (SSSR count). The molecule has 6 aromatic heterocycles. The van der Waals surface area contributed by atoms with Crippen LogP contribution in [0, 0.1) is 27.7 Å². The van der Waals surface area contributed by atoms with Gasteiger partial charge in [-0.3, -0.25) is 0 Å². The second-order valence-electron chi connectivity index (χ2n) is 11.6. The lowest BCUT2D eigenvalue weighted by atomic mass is 10.1. The van der Waals surface area contributed by atoms with Crippen molar-refractivity contribution in [2.75, 3.05) is 0 Å². The van der Waals surface area contributed by atoms with Crippen LogP contribution in [0.15, 0.2) is 78.7 Å². The van der Waals surface area contributed by atoms with E-state index in [1.165, 1.54) is 23.5 Å².